The van der Waals surface area contributed by atoms with E-state index in [2.05, 4.69) is 41.0 Å². The van der Waals surface area contributed by atoms with E-state index in [0.29, 0.717) is 0 Å². The molecule has 1 fully saturated rings. The highest BCUT2D eigenvalue weighted by molar-refractivity contribution is 7.22. The number of ether oxygens (including phenoxy) is 1. The molecule has 0 atom stereocenters. The highest BCUT2D eigenvalue weighted by Crippen LogP contribution is 2.32. The quantitative estimate of drug-likeness (QED) is 0.629. The number of hydrogen-bond donors (Lipinski definition) is 0. The summed E-state index contributed by atoms with van der Waals surface area (Å²) in [7, 11) is 1.33. The van der Waals surface area contributed by atoms with E-state index < -0.39 is 5.97 Å². The third-order valence-electron chi connectivity index (χ3n) is 4.07. The number of carbonyl (C=O) groups excluding carboxylic acids is 1. The van der Waals surface area contributed by atoms with Crippen molar-refractivity contribution in [2.75, 3.05) is 43.1 Å². The molecule has 4 heterocycles. The zero-order valence-corrected chi connectivity index (χ0v) is 15.7. The molecule has 0 aromatic carbocycles. The van der Waals surface area contributed by atoms with E-state index in [1.807, 2.05) is 11.4 Å². The molecule has 3 aromatic rings. The summed E-state index contributed by atoms with van der Waals surface area (Å²) < 4.78 is 4.64. The first-order chi connectivity index (χ1) is 12.7. The molecule has 0 radical (unpaired) electrons. The Morgan fingerprint density at radius 2 is 1.85 bits per heavy atom. The molecule has 0 bridgehead atoms. The van der Waals surface area contributed by atoms with Crippen LogP contribution >= 0.6 is 22.7 Å². The van der Waals surface area contributed by atoms with Gasteiger partial charge in [-0.25, -0.2) is 4.79 Å². The molecule has 134 valence electrons. The van der Waals surface area contributed by atoms with Gasteiger partial charge in [-0.05, 0) is 23.6 Å². The van der Waals surface area contributed by atoms with E-state index in [9.17, 15) is 4.79 Å². The monoisotopic (exact) mass is 388 g/mol. The van der Waals surface area contributed by atoms with E-state index in [4.69, 9.17) is 0 Å². The number of esters is 1. The number of aromatic nitrogens is 4. The number of carbonyl (C=O) groups is 1. The number of nitrogens with zero attached hydrogens (tertiary/aromatic N) is 6. The lowest BCUT2D eigenvalue weighted by Crippen LogP contribution is -2.46. The second kappa shape index (κ2) is 7.34. The SMILES string of the molecule is COC(=O)c1ccc(N2CCN(c3nnc(-c4cccs4)s3)CC2)nn1. The van der Waals surface area contributed by atoms with Gasteiger partial charge in [-0.3, -0.25) is 0 Å². The Bertz CT molecular complexity index is 873. The van der Waals surface area contributed by atoms with Gasteiger partial charge < -0.3 is 14.5 Å². The zero-order valence-electron chi connectivity index (χ0n) is 14.0. The fourth-order valence-electron chi connectivity index (χ4n) is 2.68. The van der Waals surface area contributed by atoms with Crippen molar-refractivity contribution < 1.29 is 9.53 Å². The number of thiophene rings is 1. The molecule has 0 amide bonds. The van der Waals surface area contributed by atoms with E-state index >= 15 is 0 Å². The topological polar surface area (TPSA) is 84.3 Å². The first-order valence-corrected chi connectivity index (χ1v) is 9.73. The van der Waals surface area contributed by atoms with Gasteiger partial charge in [0, 0.05) is 26.2 Å². The van der Waals surface area contributed by atoms with Crippen molar-refractivity contribution in [3.63, 3.8) is 0 Å². The second-order valence-electron chi connectivity index (χ2n) is 5.61. The molecule has 3 aromatic heterocycles. The van der Waals surface area contributed by atoms with Crippen molar-refractivity contribution in [1.82, 2.24) is 20.4 Å². The smallest absolute Gasteiger partial charge is 0.358 e. The van der Waals surface area contributed by atoms with Gasteiger partial charge in [0.1, 0.15) is 0 Å². The van der Waals surface area contributed by atoms with E-state index in [-0.39, 0.29) is 5.69 Å². The summed E-state index contributed by atoms with van der Waals surface area (Å²) >= 11 is 3.29. The van der Waals surface area contributed by atoms with Crippen LogP contribution in [0.3, 0.4) is 0 Å². The summed E-state index contributed by atoms with van der Waals surface area (Å²) in [6.07, 6.45) is 0. The minimum Gasteiger partial charge on any atom is -0.464 e. The Balaban J connectivity index is 1.39. The number of hydrogen-bond acceptors (Lipinski definition) is 10. The molecule has 1 saturated heterocycles. The Labute approximate surface area is 158 Å². The number of anilines is 2. The molecule has 1 aliphatic rings. The van der Waals surface area contributed by atoms with Crippen LogP contribution in [0.25, 0.3) is 9.88 Å². The Hall–Kier alpha value is -2.59. The van der Waals surface area contributed by atoms with Gasteiger partial charge >= 0.3 is 5.97 Å². The maximum atomic E-state index is 11.4. The first kappa shape index (κ1) is 16.9. The molecule has 0 saturated carbocycles. The molecular formula is C16H16N6O2S2. The molecule has 10 heteroatoms. The molecule has 0 aliphatic carbocycles. The number of methoxy groups -OCH3 is 1. The molecule has 0 spiro atoms. The lowest BCUT2D eigenvalue weighted by atomic mass is 10.3. The third kappa shape index (κ3) is 3.37. The Morgan fingerprint density at radius 1 is 1.04 bits per heavy atom. The van der Waals surface area contributed by atoms with Crippen LogP contribution in [-0.2, 0) is 4.74 Å². The molecular weight excluding hydrogens is 372 g/mol. The lowest BCUT2D eigenvalue weighted by molar-refractivity contribution is 0.0592. The van der Waals surface area contributed by atoms with Crippen molar-refractivity contribution in [1.29, 1.82) is 0 Å². The summed E-state index contributed by atoms with van der Waals surface area (Å²) in [4.78, 5) is 17.0. The molecule has 26 heavy (non-hydrogen) atoms. The van der Waals surface area contributed by atoms with Crippen molar-refractivity contribution in [3.05, 3.63) is 35.3 Å². The van der Waals surface area contributed by atoms with Gasteiger partial charge in [-0.15, -0.1) is 31.7 Å². The normalized spacial score (nSPS) is 14.5. The molecule has 0 N–H and O–H groups in total. The Kier molecular flexibility index (Phi) is 4.76. The van der Waals surface area contributed by atoms with Crippen LogP contribution < -0.4 is 9.80 Å². The molecule has 0 unspecified atom stereocenters. The maximum absolute atomic E-state index is 11.4. The van der Waals surface area contributed by atoms with Crippen LogP contribution in [0.2, 0.25) is 0 Å². The van der Waals surface area contributed by atoms with Gasteiger partial charge in [-0.2, -0.15) is 0 Å². The Morgan fingerprint density at radius 3 is 2.50 bits per heavy atom. The summed E-state index contributed by atoms with van der Waals surface area (Å²) in [5.41, 5.74) is 0.213. The predicted octanol–water partition coefficient (Wildman–Crippen LogP) is 2.17. The molecule has 1 aliphatic heterocycles. The maximum Gasteiger partial charge on any atom is 0.358 e. The lowest BCUT2D eigenvalue weighted by Gasteiger charge is -2.34. The fraction of sp³-hybridized carbons (Fsp3) is 0.312. The number of piperazine rings is 1. The third-order valence-corrected chi connectivity index (χ3v) is 6.09. The van der Waals surface area contributed by atoms with E-state index in [1.54, 1.807) is 34.8 Å². The standard InChI is InChI=1S/C16H16N6O2S2/c1-24-15(23)11-4-5-13(18-17-11)21-6-8-22(9-7-21)16-20-19-14(26-16)12-3-2-10-25-12/h2-5,10H,6-9H2,1H3. The van der Waals surface area contributed by atoms with Gasteiger partial charge in [-0.1, -0.05) is 17.4 Å². The predicted molar refractivity (Wildman–Crippen MR) is 101 cm³/mol. The highest BCUT2D eigenvalue weighted by atomic mass is 32.1. The van der Waals surface area contributed by atoms with Crippen molar-refractivity contribution >= 4 is 39.6 Å². The summed E-state index contributed by atoms with van der Waals surface area (Å²) in [5, 5.41) is 20.7. The first-order valence-electron chi connectivity index (χ1n) is 8.04. The van der Waals surface area contributed by atoms with Crippen LogP contribution in [0.15, 0.2) is 29.6 Å². The van der Waals surface area contributed by atoms with Crippen molar-refractivity contribution in [2.45, 2.75) is 0 Å². The summed E-state index contributed by atoms with van der Waals surface area (Å²) in [6.45, 7) is 3.28. The summed E-state index contributed by atoms with van der Waals surface area (Å²) in [6, 6.07) is 7.52. The van der Waals surface area contributed by atoms with Crippen LogP contribution in [0.5, 0.6) is 0 Å². The molecule has 8 nitrogen and oxygen atoms in total. The molecule has 4 rings (SSSR count). The average molecular weight is 388 g/mol. The number of rotatable bonds is 4. The van der Waals surface area contributed by atoms with Crippen LogP contribution in [0, 0.1) is 0 Å². The van der Waals surface area contributed by atoms with Crippen LogP contribution in [-0.4, -0.2) is 59.7 Å². The zero-order chi connectivity index (χ0) is 17.9. The van der Waals surface area contributed by atoms with E-state index in [1.165, 1.54) is 7.11 Å². The van der Waals surface area contributed by atoms with Crippen LogP contribution in [0.4, 0.5) is 10.9 Å². The minimum absolute atomic E-state index is 0.213. The van der Waals surface area contributed by atoms with Gasteiger partial charge in [0.2, 0.25) is 5.13 Å². The van der Waals surface area contributed by atoms with Crippen molar-refractivity contribution in [2.24, 2.45) is 0 Å². The van der Waals surface area contributed by atoms with Gasteiger partial charge in [0.05, 0.1) is 12.0 Å². The fourth-order valence-corrected chi connectivity index (χ4v) is 4.37. The van der Waals surface area contributed by atoms with Crippen LogP contribution in [0.1, 0.15) is 10.5 Å². The summed E-state index contributed by atoms with van der Waals surface area (Å²) in [5.74, 6) is 0.278. The largest absolute Gasteiger partial charge is 0.464 e. The minimum atomic E-state index is -0.480. The van der Waals surface area contributed by atoms with Crippen molar-refractivity contribution in [3.8, 4) is 9.88 Å². The second-order valence-corrected chi connectivity index (χ2v) is 7.51. The highest BCUT2D eigenvalue weighted by Gasteiger charge is 2.22. The van der Waals surface area contributed by atoms with Gasteiger partial charge in [0.15, 0.2) is 16.5 Å². The van der Waals surface area contributed by atoms with E-state index in [0.717, 1.165) is 47.0 Å². The van der Waals surface area contributed by atoms with Gasteiger partial charge in [0.25, 0.3) is 0 Å². The average Bonchev–Trinajstić information content (AvgIpc) is 3.39.